The van der Waals surface area contributed by atoms with Crippen LogP contribution in [0.25, 0.3) is 11.2 Å². The zero-order chi connectivity index (χ0) is 14.5. The van der Waals surface area contributed by atoms with Gasteiger partial charge in [0, 0.05) is 5.92 Å². The Morgan fingerprint density at radius 2 is 1.70 bits per heavy atom. The second-order valence-corrected chi connectivity index (χ2v) is 5.23. The molecule has 0 radical (unpaired) electrons. The first kappa shape index (κ1) is 13.2. The second-order valence-electron chi connectivity index (χ2n) is 5.23. The summed E-state index contributed by atoms with van der Waals surface area (Å²) in [6, 6.07) is 0. The van der Waals surface area contributed by atoms with E-state index in [1.165, 1.54) is 6.33 Å². The fourth-order valence-electron chi connectivity index (χ4n) is 2.47. The van der Waals surface area contributed by atoms with Gasteiger partial charge in [-0.1, -0.05) is 0 Å². The molecule has 2 aromatic rings. The van der Waals surface area contributed by atoms with E-state index in [4.69, 9.17) is 0 Å². The summed E-state index contributed by atoms with van der Waals surface area (Å²) in [7, 11) is 0. The van der Waals surface area contributed by atoms with Crippen molar-refractivity contribution in [1.82, 2.24) is 19.9 Å². The van der Waals surface area contributed by atoms with Crippen LogP contribution < -0.4 is 0 Å². The highest BCUT2D eigenvalue weighted by Crippen LogP contribution is 2.49. The van der Waals surface area contributed by atoms with E-state index in [-0.39, 0.29) is 18.8 Å². The predicted octanol–water partition coefficient (Wildman–Crippen LogP) is 3.09. The molecule has 1 aliphatic rings. The number of hydrogen-bond acceptors (Lipinski definition) is 4. The van der Waals surface area contributed by atoms with Crippen molar-refractivity contribution < 1.29 is 13.2 Å². The molecule has 0 spiro atoms. The van der Waals surface area contributed by atoms with Crippen LogP contribution in [0, 0.1) is 19.8 Å². The number of alkyl halides is 3. The van der Waals surface area contributed by atoms with Gasteiger partial charge in [0.25, 0.3) is 0 Å². The normalized spacial score (nSPS) is 22.9. The molecule has 0 aromatic carbocycles. The van der Waals surface area contributed by atoms with Crippen molar-refractivity contribution >= 4 is 11.2 Å². The van der Waals surface area contributed by atoms with Gasteiger partial charge in [-0.05, 0) is 26.7 Å². The fourth-order valence-corrected chi connectivity index (χ4v) is 2.47. The first-order valence-electron chi connectivity index (χ1n) is 6.39. The summed E-state index contributed by atoms with van der Waals surface area (Å²) < 4.78 is 37.7. The van der Waals surface area contributed by atoms with Crippen molar-refractivity contribution in [3.8, 4) is 0 Å². The van der Waals surface area contributed by atoms with E-state index in [2.05, 4.69) is 19.9 Å². The maximum Gasteiger partial charge on any atom is 0.391 e. The van der Waals surface area contributed by atoms with Gasteiger partial charge < -0.3 is 0 Å². The van der Waals surface area contributed by atoms with Gasteiger partial charge in [0.05, 0.1) is 23.0 Å². The Kier molecular flexibility index (Phi) is 2.88. The molecule has 4 nitrogen and oxygen atoms in total. The third kappa shape index (κ3) is 2.10. The molecule has 106 valence electrons. The van der Waals surface area contributed by atoms with Crippen molar-refractivity contribution in [2.24, 2.45) is 5.92 Å². The number of aromatic nitrogens is 4. The zero-order valence-electron chi connectivity index (χ0n) is 11.1. The van der Waals surface area contributed by atoms with Gasteiger partial charge in [-0.25, -0.2) is 19.9 Å². The van der Waals surface area contributed by atoms with Crippen molar-refractivity contribution in [3.05, 3.63) is 23.4 Å². The van der Waals surface area contributed by atoms with E-state index in [0.717, 1.165) is 11.4 Å². The molecule has 0 atom stereocenters. The van der Waals surface area contributed by atoms with Crippen LogP contribution in [0.3, 0.4) is 0 Å². The Morgan fingerprint density at radius 3 is 2.35 bits per heavy atom. The summed E-state index contributed by atoms with van der Waals surface area (Å²) in [6.45, 7) is 3.64. The molecular formula is C13H13F3N4. The summed E-state index contributed by atoms with van der Waals surface area (Å²) in [4.78, 5) is 16.9. The summed E-state index contributed by atoms with van der Waals surface area (Å²) in [6.07, 6.45) is -2.62. The van der Waals surface area contributed by atoms with Crippen molar-refractivity contribution in [1.29, 1.82) is 0 Å². The molecule has 7 heteroatoms. The van der Waals surface area contributed by atoms with Gasteiger partial charge in [0.15, 0.2) is 5.65 Å². The molecule has 0 unspecified atom stereocenters. The van der Waals surface area contributed by atoms with Gasteiger partial charge in [-0.15, -0.1) is 0 Å². The van der Waals surface area contributed by atoms with E-state index in [9.17, 15) is 13.2 Å². The predicted molar refractivity (Wildman–Crippen MR) is 66.1 cm³/mol. The minimum atomic E-state index is -4.11. The fraction of sp³-hybridized carbons (Fsp3) is 0.538. The largest absolute Gasteiger partial charge is 0.391 e. The lowest BCUT2D eigenvalue weighted by Crippen LogP contribution is -2.35. The van der Waals surface area contributed by atoms with E-state index in [1.54, 1.807) is 0 Å². The van der Waals surface area contributed by atoms with E-state index >= 15 is 0 Å². The average molecular weight is 282 g/mol. The third-order valence-electron chi connectivity index (χ3n) is 3.90. The molecule has 2 aromatic heterocycles. The molecule has 0 saturated heterocycles. The van der Waals surface area contributed by atoms with Gasteiger partial charge in [-0.2, -0.15) is 13.2 Å². The first-order valence-corrected chi connectivity index (χ1v) is 6.39. The van der Waals surface area contributed by atoms with E-state index in [0.29, 0.717) is 16.9 Å². The van der Waals surface area contributed by atoms with Crippen molar-refractivity contribution in [3.63, 3.8) is 0 Å². The molecule has 0 aliphatic heterocycles. The van der Waals surface area contributed by atoms with Crippen molar-refractivity contribution in [2.75, 3.05) is 0 Å². The lowest BCUT2D eigenvalue weighted by molar-refractivity contribution is -0.197. The lowest BCUT2D eigenvalue weighted by Gasteiger charge is -2.36. The van der Waals surface area contributed by atoms with Crippen LogP contribution in [0.15, 0.2) is 6.33 Å². The molecule has 0 bridgehead atoms. The Balaban J connectivity index is 1.96. The van der Waals surface area contributed by atoms with Gasteiger partial charge >= 0.3 is 6.18 Å². The molecule has 0 amide bonds. The van der Waals surface area contributed by atoms with Gasteiger partial charge in [0.2, 0.25) is 0 Å². The maximum atomic E-state index is 12.6. The smallest absolute Gasteiger partial charge is 0.246 e. The van der Waals surface area contributed by atoms with Crippen LogP contribution >= 0.6 is 0 Å². The van der Waals surface area contributed by atoms with E-state index < -0.39 is 12.1 Å². The number of rotatable bonds is 1. The van der Waals surface area contributed by atoms with Gasteiger partial charge in [-0.3, -0.25) is 0 Å². The van der Waals surface area contributed by atoms with Crippen LogP contribution in [-0.2, 0) is 0 Å². The SMILES string of the molecule is Cc1nc2ncnc(C3CC(C(F)(F)F)C3)c2nc1C. The molecule has 3 rings (SSSR count). The Hall–Kier alpha value is -1.79. The number of nitrogens with zero attached hydrogens (tertiary/aromatic N) is 4. The maximum absolute atomic E-state index is 12.6. The van der Waals surface area contributed by atoms with Crippen LogP contribution in [0.1, 0.15) is 35.8 Å². The van der Waals surface area contributed by atoms with Crippen LogP contribution in [-0.4, -0.2) is 26.1 Å². The number of halogens is 3. The van der Waals surface area contributed by atoms with Crippen LogP contribution in [0.2, 0.25) is 0 Å². The van der Waals surface area contributed by atoms with E-state index in [1.807, 2.05) is 13.8 Å². The average Bonchev–Trinajstić information content (AvgIpc) is 2.27. The molecule has 20 heavy (non-hydrogen) atoms. The highest BCUT2D eigenvalue weighted by Gasteiger charge is 2.49. The van der Waals surface area contributed by atoms with Crippen LogP contribution in [0.5, 0.6) is 0 Å². The Morgan fingerprint density at radius 1 is 1.05 bits per heavy atom. The summed E-state index contributed by atoms with van der Waals surface area (Å²) in [5.41, 5.74) is 3.09. The lowest BCUT2D eigenvalue weighted by atomic mass is 9.72. The number of hydrogen-bond donors (Lipinski definition) is 0. The summed E-state index contributed by atoms with van der Waals surface area (Å²) in [5.74, 6) is -1.43. The topological polar surface area (TPSA) is 51.6 Å². The highest BCUT2D eigenvalue weighted by molar-refractivity contribution is 5.73. The molecule has 0 N–H and O–H groups in total. The van der Waals surface area contributed by atoms with Crippen molar-refractivity contribution in [2.45, 2.75) is 38.8 Å². The molecular weight excluding hydrogens is 269 g/mol. The summed E-state index contributed by atoms with van der Waals surface area (Å²) in [5, 5.41) is 0. The molecule has 1 fully saturated rings. The quantitative estimate of drug-likeness (QED) is 0.806. The second kappa shape index (κ2) is 4.36. The Bertz CT molecular complexity index is 662. The standard InChI is InChI=1S/C13H13F3N4/c1-6-7(2)20-12-11(19-6)10(17-5-18-12)8-3-9(4-8)13(14,15)16/h5,8-9H,3-4H2,1-2H3. The number of fused-ring (bicyclic) bond motifs is 1. The highest BCUT2D eigenvalue weighted by atomic mass is 19.4. The Labute approximate surface area is 113 Å². The minimum Gasteiger partial charge on any atom is -0.246 e. The zero-order valence-corrected chi connectivity index (χ0v) is 11.1. The van der Waals surface area contributed by atoms with Gasteiger partial charge in [0.1, 0.15) is 11.8 Å². The third-order valence-corrected chi connectivity index (χ3v) is 3.90. The summed E-state index contributed by atoms with van der Waals surface area (Å²) >= 11 is 0. The molecule has 1 saturated carbocycles. The minimum absolute atomic E-state index is 0.0736. The monoisotopic (exact) mass is 282 g/mol. The number of aryl methyl sites for hydroxylation is 2. The van der Waals surface area contributed by atoms with Crippen LogP contribution in [0.4, 0.5) is 13.2 Å². The molecule has 2 heterocycles. The molecule has 1 aliphatic carbocycles. The first-order chi connectivity index (χ1) is 9.36.